The zero-order valence-electron chi connectivity index (χ0n) is 43.0. The Morgan fingerprint density at radius 1 is 0.527 bits per heavy atom. The van der Waals surface area contributed by atoms with Gasteiger partial charge in [0.2, 0.25) is 0 Å². The Bertz CT molecular complexity index is 3350. The van der Waals surface area contributed by atoms with Gasteiger partial charge >= 0.3 is 17.1 Å². The number of aryl methyl sites for hydroxylation is 1. The molecule has 0 unspecified atom stereocenters. The fourth-order valence-electron chi connectivity index (χ4n) is 8.96. The topological polar surface area (TPSA) is 271 Å². The molecule has 8 heterocycles. The number of allylic oxidation sites excluding steroid dienone is 3. The molecule has 5 aromatic heterocycles. The van der Waals surface area contributed by atoms with E-state index in [-0.39, 0.29) is 42.9 Å². The summed E-state index contributed by atoms with van der Waals surface area (Å²) >= 11 is 0. The van der Waals surface area contributed by atoms with E-state index in [1.54, 1.807) is 12.3 Å². The van der Waals surface area contributed by atoms with E-state index in [0.29, 0.717) is 90.1 Å². The first-order chi connectivity index (χ1) is 35.4. The number of hydrogen-bond acceptors (Lipinski definition) is 13. The molecule has 3 amide bonds. The Kier molecular flexibility index (Phi) is 18.7. The minimum Gasteiger partial charge on any atom is -0.332 e. The van der Waals surface area contributed by atoms with Gasteiger partial charge in [-0.2, -0.15) is 4.98 Å². The molecule has 0 aromatic carbocycles. The van der Waals surface area contributed by atoms with Crippen LogP contribution >= 0.6 is 0 Å². The number of rotatable bonds is 18. The van der Waals surface area contributed by atoms with Gasteiger partial charge in [-0.15, -0.1) is 0 Å². The summed E-state index contributed by atoms with van der Waals surface area (Å²) in [5, 5.41) is 11.8. The monoisotopic (exact) mass is 1020 g/mol. The molecule has 0 aliphatic carbocycles. The van der Waals surface area contributed by atoms with Crippen LogP contribution < -0.4 is 49.7 Å². The summed E-state index contributed by atoms with van der Waals surface area (Å²) in [6, 6.07) is 5.44. The van der Waals surface area contributed by atoms with E-state index in [0.717, 1.165) is 66.9 Å². The van der Waals surface area contributed by atoms with Gasteiger partial charge in [0.05, 0.1) is 16.7 Å². The van der Waals surface area contributed by atoms with Crippen molar-refractivity contribution < 1.29 is 18.9 Å². The predicted molar refractivity (Wildman–Crippen MR) is 277 cm³/mol. The molecule has 22 nitrogen and oxygen atoms in total. The Hall–Kier alpha value is -8.04. The minimum absolute atomic E-state index is 0.163. The van der Waals surface area contributed by atoms with Crippen molar-refractivity contribution in [2.75, 3.05) is 0 Å². The summed E-state index contributed by atoms with van der Waals surface area (Å²) in [6.45, 7) is 18.9. The molecule has 3 aliphatic heterocycles. The van der Waals surface area contributed by atoms with Gasteiger partial charge in [-0.3, -0.25) is 61.2 Å². The van der Waals surface area contributed by atoms with Gasteiger partial charge in [0.1, 0.15) is 22.8 Å². The van der Waals surface area contributed by atoms with Gasteiger partial charge in [-0.25, -0.2) is 14.4 Å². The summed E-state index contributed by atoms with van der Waals surface area (Å²) in [5.41, 5.74) is 1.09. The van der Waals surface area contributed by atoms with Crippen LogP contribution in [0.4, 0.5) is 0 Å². The Balaban J connectivity index is 0.000000190. The first-order valence-electron chi connectivity index (χ1n) is 25.2. The lowest BCUT2D eigenvalue weighted by molar-refractivity contribution is 0.0937. The van der Waals surface area contributed by atoms with Crippen LogP contribution in [0.5, 0.6) is 0 Å². The number of nitrogens with zero attached hydrogens (tertiary/aromatic N) is 9. The second kappa shape index (κ2) is 25.1. The van der Waals surface area contributed by atoms with E-state index in [9.17, 15) is 43.2 Å². The van der Waals surface area contributed by atoms with Crippen molar-refractivity contribution in [3.63, 3.8) is 0 Å². The lowest BCUT2D eigenvalue weighted by atomic mass is 10.0. The standard InChI is InChI=1S/C23H26N6O4.C15H21N3O3.C14H19N3O3/c1-3-4-12-28-19-16(14-15(2)25-20(19)30)22(31)29(23(28)32)13-8-6-10-18-26-21(33-27-18)17-9-5-7-11-24-17;1-4-5-6-7-8-18-12-11(9-10(2)16-13(12)19)14(20)17(3)15(18)21;1-4-5-6-7-17-11-10(8-9(2)15-12(11)18)13(19)16(3)14(17)20/h5,7,9,11H,2-4,6,8,10,12-14H2,1H3,(H,25,30);2,4-9H2,1,3H3,(H,16,19);2,4-8H2,1,3H3,(H,15,18). The number of amides is 3. The highest BCUT2D eigenvalue weighted by Gasteiger charge is 2.30. The number of pyridine rings is 1. The van der Waals surface area contributed by atoms with E-state index in [1.807, 2.05) is 19.1 Å². The van der Waals surface area contributed by atoms with Crippen LogP contribution in [0.15, 0.2) is 94.5 Å². The quantitative estimate of drug-likeness (QED) is 0.106. The number of carbonyl (C=O) groups excluding carboxylic acids is 3. The number of unbranched alkanes of at least 4 members (excludes halogenated alkanes) is 7. The molecule has 0 atom stereocenters. The normalized spacial score (nSPS) is 13.6. The summed E-state index contributed by atoms with van der Waals surface area (Å²) in [5.74, 6) is -0.371. The second-order valence-corrected chi connectivity index (χ2v) is 18.5. The zero-order valence-corrected chi connectivity index (χ0v) is 43.0. The van der Waals surface area contributed by atoms with Crippen LogP contribution in [0.2, 0.25) is 0 Å². The summed E-state index contributed by atoms with van der Waals surface area (Å²) in [6.07, 6.45) is 12.6. The van der Waals surface area contributed by atoms with Crippen LogP contribution in [0.3, 0.4) is 0 Å². The van der Waals surface area contributed by atoms with Crippen molar-refractivity contribution in [1.29, 1.82) is 0 Å². The maximum absolute atomic E-state index is 13.1. The van der Waals surface area contributed by atoms with Gasteiger partial charge in [-0.1, -0.05) is 90.3 Å². The van der Waals surface area contributed by atoms with Gasteiger partial charge in [0, 0.05) is 89.2 Å². The Morgan fingerprint density at radius 3 is 1.45 bits per heavy atom. The van der Waals surface area contributed by atoms with Crippen LogP contribution in [-0.4, -0.2) is 60.2 Å². The SMILES string of the molecule is C=C1Cc2c(n(CCCC)c(=O)n(CCCCc3noc(-c4ccccn4)n3)c2=O)C(=O)N1.C=C1Cc2c(n(CCCCC)c(=O)n(C)c2=O)C(=O)N1.C=C1Cc2c(n(CCCCCC)c(=O)n(C)c2=O)C(=O)N1. The van der Waals surface area contributed by atoms with Gasteiger partial charge in [-0.05, 0) is 44.2 Å². The highest BCUT2D eigenvalue weighted by atomic mass is 16.5. The lowest BCUT2D eigenvalue weighted by Gasteiger charge is -2.23. The molecular weight excluding hydrogens is 953 g/mol. The van der Waals surface area contributed by atoms with Gasteiger partial charge in [0.25, 0.3) is 40.3 Å². The molecule has 0 fully saturated rings. The number of fused-ring (bicyclic) bond motifs is 3. The third-order valence-corrected chi connectivity index (χ3v) is 12.8. The predicted octanol–water partition coefficient (Wildman–Crippen LogP) is 3.54. The minimum atomic E-state index is -0.452. The Morgan fingerprint density at radius 2 is 0.959 bits per heavy atom. The highest BCUT2D eigenvalue weighted by molar-refractivity contribution is 5.97. The first-order valence-corrected chi connectivity index (χ1v) is 25.2. The van der Waals surface area contributed by atoms with Crippen molar-refractivity contribution in [2.45, 2.75) is 143 Å². The van der Waals surface area contributed by atoms with E-state index in [1.165, 1.54) is 32.4 Å². The molecule has 394 valence electrons. The molecule has 22 heteroatoms. The van der Waals surface area contributed by atoms with E-state index < -0.39 is 51.5 Å². The van der Waals surface area contributed by atoms with E-state index in [4.69, 9.17) is 4.52 Å². The van der Waals surface area contributed by atoms with E-state index in [2.05, 4.69) is 64.7 Å². The lowest BCUT2D eigenvalue weighted by Crippen LogP contribution is -2.48. The number of nitrogens with one attached hydrogen (secondary N) is 3. The van der Waals surface area contributed by atoms with E-state index >= 15 is 0 Å². The molecule has 3 N–H and O–H groups in total. The van der Waals surface area contributed by atoms with Crippen LogP contribution in [0.1, 0.15) is 145 Å². The maximum Gasteiger partial charge on any atom is 0.331 e. The summed E-state index contributed by atoms with van der Waals surface area (Å²) < 4.78 is 12.9. The fraction of sp³-hybridized carbons (Fsp3) is 0.462. The third kappa shape index (κ3) is 12.4. The molecule has 74 heavy (non-hydrogen) atoms. The van der Waals surface area contributed by atoms with Crippen molar-refractivity contribution in [1.82, 2.24) is 58.5 Å². The van der Waals surface area contributed by atoms with Crippen LogP contribution in [-0.2, 0) is 66.0 Å². The molecule has 8 rings (SSSR count). The van der Waals surface area contributed by atoms with Crippen molar-refractivity contribution >= 4 is 17.7 Å². The second-order valence-electron chi connectivity index (χ2n) is 18.5. The smallest absolute Gasteiger partial charge is 0.331 e. The average molecular weight is 1020 g/mol. The number of aromatic nitrogens is 9. The molecule has 0 bridgehead atoms. The largest absolute Gasteiger partial charge is 0.332 e. The summed E-state index contributed by atoms with van der Waals surface area (Å²) in [7, 11) is 2.89. The molecule has 0 spiro atoms. The van der Waals surface area contributed by atoms with Gasteiger partial charge < -0.3 is 20.5 Å². The van der Waals surface area contributed by atoms with Crippen molar-refractivity contribution in [2.24, 2.45) is 14.1 Å². The first kappa shape index (κ1) is 55.3. The highest BCUT2D eigenvalue weighted by Crippen LogP contribution is 2.18. The van der Waals surface area contributed by atoms with Crippen LogP contribution in [0, 0.1) is 0 Å². The molecule has 0 radical (unpaired) electrons. The maximum atomic E-state index is 13.1. The van der Waals surface area contributed by atoms with Gasteiger partial charge in [0.15, 0.2) is 5.82 Å². The number of carbonyl (C=O) groups is 3. The summed E-state index contributed by atoms with van der Waals surface area (Å²) in [4.78, 5) is 120. The zero-order chi connectivity index (χ0) is 53.8. The number of hydrogen-bond donors (Lipinski definition) is 3. The molecule has 3 aliphatic rings. The van der Waals surface area contributed by atoms with Crippen LogP contribution in [0.25, 0.3) is 11.6 Å². The molecular formula is C52H66N12O10. The third-order valence-electron chi connectivity index (χ3n) is 12.8. The molecule has 5 aromatic rings. The van der Waals surface area contributed by atoms with Crippen molar-refractivity contribution in [3.05, 3.63) is 163 Å². The van der Waals surface area contributed by atoms with Crippen molar-refractivity contribution in [3.8, 4) is 11.6 Å². The molecule has 0 saturated carbocycles. The Labute approximate surface area is 426 Å². The average Bonchev–Trinajstić information content (AvgIpc) is 3.85. The molecule has 0 saturated heterocycles. The fourth-order valence-corrected chi connectivity index (χ4v) is 8.96.